The number of nitrogens with zero attached hydrogens (tertiary/aromatic N) is 2. The van der Waals surface area contributed by atoms with Crippen LogP contribution in [0.2, 0.25) is 5.15 Å². The van der Waals surface area contributed by atoms with Crippen LogP contribution in [-0.2, 0) is 16.6 Å². The van der Waals surface area contributed by atoms with Crippen molar-refractivity contribution in [1.29, 1.82) is 0 Å². The van der Waals surface area contributed by atoms with Gasteiger partial charge >= 0.3 is 0 Å². The maximum atomic E-state index is 12.0. The first-order valence-electron chi connectivity index (χ1n) is 5.42. The molecule has 2 aromatic rings. The van der Waals surface area contributed by atoms with E-state index in [4.69, 9.17) is 16.0 Å². The predicted molar refractivity (Wildman–Crippen MR) is 69.2 cm³/mol. The summed E-state index contributed by atoms with van der Waals surface area (Å²) in [5.74, 6) is 0.986. The van der Waals surface area contributed by atoms with Crippen LogP contribution in [0.5, 0.6) is 0 Å². The zero-order valence-corrected chi connectivity index (χ0v) is 11.9. The lowest BCUT2D eigenvalue weighted by molar-refractivity contribution is 0.463. The van der Waals surface area contributed by atoms with E-state index in [1.54, 1.807) is 13.8 Å². The van der Waals surface area contributed by atoms with E-state index < -0.39 is 10.0 Å². The quantitative estimate of drug-likeness (QED) is 0.871. The average molecular weight is 302 g/mol. The van der Waals surface area contributed by atoms with Crippen LogP contribution < -0.4 is 4.72 Å². The zero-order valence-electron chi connectivity index (χ0n) is 10.3. The van der Waals surface area contributed by atoms with Crippen LogP contribution in [-0.4, -0.2) is 18.4 Å². The summed E-state index contributed by atoms with van der Waals surface area (Å²) in [4.78, 5) is 7.87. The molecule has 0 aromatic carbocycles. The number of halogens is 1. The van der Waals surface area contributed by atoms with Gasteiger partial charge in [-0.15, -0.1) is 0 Å². The predicted octanol–water partition coefficient (Wildman–Crippen LogP) is 1.82. The Morgan fingerprint density at radius 2 is 2.16 bits per heavy atom. The van der Waals surface area contributed by atoms with Crippen molar-refractivity contribution in [2.24, 2.45) is 0 Å². The molecule has 0 saturated carbocycles. The van der Waals surface area contributed by atoms with E-state index in [1.165, 1.54) is 18.3 Å². The summed E-state index contributed by atoms with van der Waals surface area (Å²) in [5.41, 5.74) is 0.737. The summed E-state index contributed by atoms with van der Waals surface area (Å²) in [6, 6.07) is 2.64. The third-order valence-corrected chi connectivity index (χ3v) is 4.10. The topological polar surface area (TPSA) is 85.1 Å². The second-order valence-corrected chi connectivity index (χ2v) is 6.04. The molecule has 0 aliphatic heterocycles. The highest BCUT2D eigenvalue weighted by atomic mass is 35.5. The van der Waals surface area contributed by atoms with Crippen LogP contribution in [0.4, 0.5) is 0 Å². The van der Waals surface area contributed by atoms with Crippen molar-refractivity contribution in [3.63, 3.8) is 0 Å². The number of aromatic nitrogens is 2. The molecule has 0 bridgehead atoms. The summed E-state index contributed by atoms with van der Waals surface area (Å²) < 4.78 is 31.6. The Labute approximate surface area is 115 Å². The van der Waals surface area contributed by atoms with Gasteiger partial charge in [0.25, 0.3) is 0 Å². The summed E-state index contributed by atoms with van der Waals surface area (Å²) in [6.07, 6.45) is 1.33. The van der Waals surface area contributed by atoms with E-state index in [-0.39, 0.29) is 16.6 Å². The number of hydrogen-bond acceptors (Lipinski definition) is 5. The van der Waals surface area contributed by atoms with Crippen LogP contribution in [0.1, 0.15) is 17.3 Å². The Bertz CT molecular complexity index is 677. The molecule has 0 aliphatic rings. The highest BCUT2D eigenvalue weighted by molar-refractivity contribution is 7.89. The van der Waals surface area contributed by atoms with Crippen molar-refractivity contribution in [3.05, 3.63) is 40.8 Å². The fourth-order valence-electron chi connectivity index (χ4n) is 1.41. The maximum Gasteiger partial charge on any atom is 0.241 e. The van der Waals surface area contributed by atoms with Crippen molar-refractivity contribution < 1.29 is 12.8 Å². The minimum absolute atomic E-state index is 0.0169. The molecule has 102 valence electrons. The van der Waals surface area contributed by atoms with Crippen LogP contribution in [0, 0.1) is 13.8 Å². The van der Waals surface area contributed by atoms with Crippen LogP contribution in [0.25, 0.3) is 0 Å². The Morgan fingerprint density at radius 1 is 1.42 bits per heavy atom. The first-order chi connectivity index (χ1) is 8.88. The molecule has 8 heteroatoms. The summed E-state index contributed by atoms with van der Waals surface area (Å²) in [5, 5.41) is 0.116. The summed E-state index contributed by atoms with van der Waals surface area (Å²) in [7, 11) is -3.66. The highest BCUT2D eigenvalue weighted by Crippen LogP contribution is 2.14. The molecule has 0 amide bonds. The molecular formula is C11H12ClN3O3S. The lowest BCUT2D eigenvalue weighted by atomic mass is 10.4. The van der Waals surface area contributed by atoms with Crippen molar-refractivity contribution in [2.45, 2.75) is 25.3 Å². The van der Waals surface area contributed by atoms with E-state index in [1.807, 2.05) is 0 Å². The average Bonchev–Trinajstić information content (AvgIpc) is 2.67. The molecule has 0 spiro atoms. The molecule has 0 fully saturated rings. The zero-order chi connectivity index (χ0) is 14.0. The molecule has 0 radical (unpaired) electrons. The molecule has 0 atom stereocenters. The van der Waals surface area contributed by atoms with E-state index in [2.05, 4.69) is 14.7 Å². The molecule has 2 aromatic heterocycles. The SMILES string of the molecule is Cc1nc(CNS(=O)(=O)c2ccnc(Cl)c2)oc1C. The van der Waals surface area contributed by atoms with Gasteiger partial charge in [0, 0.05) is 6.20 Å². The van der Waals surface area contributed by atoms with E-state index >= 15 is 0 Å². The van der Waals surface area contributed by atoms with Gasteiger partial charge in [0.2, 0.25) is 15.9 Å². The first kappa shape index (κ1) is 14.0. The van der Waals surface area contributed by atoms with Gasteiger partial charge in [-0.05, 0) is 26.0 Å². The minimum Gasteiger partial charge on any atom is -0.444 e. The lowest BCUT2D eigenvalue weighted by Gasteiger charge is -2.04. The Morgan fingerprint density at radius 3 is 2.74 bits per heavy atom. The molecule has 0 saturated heterocycles. The summed E-state index contributed by atoms with van der Waals surface area (Å²) in [6.45, 7) is 3.54. The van der Waals surface area contributed by atoms with Gasteiger partial charge in [-0.2, -0.15) is 0 Å². The Kier molecular flexibility index (Phi) is 3.88. The first-order valence-corrected chi connectivity index (χ1v) is 7.29. The third kappa shape index (κ3) is 3.31. The Hall–Kier alpha value is -1.44. The van der Waals surface area contributed by atoms with Gasteiger partial charge in [-0.25, -0.2) is 23.1 Å². The highest BCUT2D eigenvalue weighted by Gasteiger charge is 2.16. The van der Waals surface area contributed by atoms with Crippen LogP contribution in [0.15, 0.2) is 27.6 Å². The number of aryl methyl sites for hydroxylation is 2. The molecule has 0 aliphatic carbocycles. The Balaban J connectivity index is 2.14. The fourth-order valence-corrected chi connectivity index (χ4v) is 2.63. The molecular weight excluding hydrogens is 290 g/mol. The van der Waals surface area contributed by atoms with Gasteiger partial charge < -0.3 is 4.42 Å². The number of rotatable bonds is 4. The van der Waals surface area contributed by atoms with Crippen LogP contribution >= 0.6 is 11.6 Å². The number of sulfonamides is 1. The second-order valence-electron chi connectivity index (χ2n) is 3.89. The van der Waals surface area contributed by atoms with Crippen molar-refractivity contribution in [1.82, 2.24) is 14.7 Å². The number of hydrogen-bond donors (Lipinski definition) is 1. The smallest absolute Gasteiger partial charge is 0.241 e. The number of pyridine rings is 1. The van der Waals surface area contributed by atoms with Crippen molar-refractivity contribution >= 4 is 21.6 Å². The van der Waals surface area contributed by atoms with E-state index in [0.717, 1.165) is 5.69 Å². The van der Waals surface area contributed by atoms with Crippen LogP contribution in [0.3, 0.4) is 0 Å². The summed E-state index contributed by atoms with van der Waals surface area (Å²) >= 11 is 5.66. The van der Waals surface area contributed by atoms with Gasteiger partial charge in [-0.1, -0.05) is 11.6 Å². The van der Waals surface area contributed by atoms with Crippen molar-refractivity contribution in [3.8, 4) is 0 Å². The maximum absolute atomic E-state index is 12.0. The lowest BCUT2D eigenvalue weighted by Crippen LogP contribution is -2.23. The monoisotopic (exact) mass is 301 g/mol. The fraction of sp³-hybridized carbons (Fsp3) is 0.273. The minimum atomic E-state index is -3.66. The molecule has 6 nitrogen and oxygen atoms in total. The number of oxazole rings is 1. The third-order valence-electron chi connectivity index (χ3n) is 2.49. The van der Waals surface area contributed by atoms with Gasteiger partial charge in [0.1, 0.15) is 10.9 Å². The van der Waals surface area contributed by atoms with Gasteiger partial charge in [0.05, 0.1) is 17.1 Å². The van der Waals surface area contributed by atoms with E-state index in [0.29, 0.717) is 11.7 Å². The van der Waals surface area contributed by atoms with Gasteiger partial charge in [0.15, 0.2) is 0 Å². The normalized spacial score (nSPS) is 11.7. The van der Waals surface area contributed by atoms with Crippen molar-refractivity contribution in [2.75, 3.05) is 0 Å². The molecule has 0 unspecified atom stereocenters. The molecule has 1 N–H and O–H groups in total. The van der Waals surface area contributed by atoms with E-state index in [9.17, 15) is 8.42 Å². The van der Waals surface area contributed by atoms with Gasteiger partial charge in [-0.3, -0.25) is 0 Å². The molecule has 2 rings (SSSR count). The standard InChI is InChI=1S/C11H12ClN3O3S/c1-7-8(2)18-11(15-7)6-14-19(16,17)9-3-4-13-10(12)5-9/h3-5,14H,6H2,1-2H3. The molecule has 2 heterocycles. The largest absolute Gasteiger partial charge is 0.444 e. The number of nitrogens with one attached hydrogen (secondary N) is 1. The molecule has 19 heavy (non-hydrogen) atoms. The second kappa shape index (κ2) is 5.28.